The molecule has 56 valence electrons. The van der Waals surface area contributed by atoms with E-state index >= 15 is 0 Å². The second-order valence-electron chi connectivity index (χ2n) is 1.40. The number of hydrogen-bond donors (Lipinski definition) is 4. The molecule has 0 rings (SSSR count). The van der Waals surface area contributed by atoms with E-state index < -0.39 is 22.3 Å². The van der Waals surface area contributed by atoms with Crippen molar-refractivity contribution in [2.24, 2.45) is 11.5 Å². The molecule has 0 saturated carbocycles. The number of hydrogen-bond acceptors (Lipinski definition) is 5. The van der Waals surface area contributed by atoms with Gasteiger partial charge in [-0.2, -0.15) is 0 Å². The molecule has 0 radical (unpaired) electrons. The smallest absolute Gasteiger partial charge is 0.360 e. The molecule has 0 aromatic rings. The van der Waals surface area contributed by atoms with Gasteiger partial charge < -0.3 is 21.0 Å². The molecule has 0 aromatic carbocycles. The van der Waals surface area contributed by atoms with E-state index in [0.29, 0.717) is 0 Å². The molecular weight excluding hydrogens is 140 g/mol. The van der Waals surface area contributed by atoms with Crippen LogP contribution in [0.4, 0.5) is 0 Å². The zero-order valence-corrected chi connectivity index (χ0v) is 4.87. The summed E-state index contributed by atoms with van der Waals surface area (Å²) in [7, 11) is 0. The van der Waals surface area contributed by atoms with Crippen molar-refractivity contribution >= 4 is 5.84 Å². The predicted molar refractivity (Wildman–Crippen MR) is 32.8 cm³/mol. The summed E-state index contributed by atoms with van der Waals surface area (Å²) < 4.78 is 0. The van der Waals surface area contributed by atoms with Crippen molar-refractivity contribution in [3.8, 4) is 0 Å². The molecule has 0 fully saturated rings. The maximum atomic E-state index is 9.76. The molecule has 0 spiro atoms. The van der Waals surface area contributed by atoms with Crippen LogP contribution in [0, 0.1) is 15.5 Å². The first kappa shape index (κ1) is 8.21. The minimum atomic E-state index is -1.03. The van der Waals surface area contributed by atoms with E-state index in [9.17, 15) is 10.1 Å². The Kier molecular flexibility index (Phi) is 2.19. The van der Waals surface area contributed by atoms with Crippen LogP contribution in [0.25, 0.3) is 0 Å². The van der Waals surface area contributed by atoms with Gasteiger partial charge in [-0.15, -0.1) is 0 Å². The fraction of sp³-hybridized carbons (Fsp3) is 0. The van der Waals surface area contributed by atoms with Gasteiger partial charge in [-0.25, -0.2) is 0 Å². The van der Waals surface area contributed by atoms with Crippen LogP contribution in [0.3, 0.4) is 0 Å². The number of amidine groups is 1. The third-order valence-electron chi connectivity index (χ3n) is 0.694. The normalized spacial score (nSPS) is 12.0. The molecule has 0 aliphatic heterocycles. The second-order valence-corrected chi connectivity index (χ2v) is 1.40. The molecule has 0 aliphatic rings. The topological polar surface area (TPSA) is 139 Å². The van der Waals surface area contributed by atoms with E-state index in [1.54, 1.807) is 0 Å². The lowest BCUT2D eigenvalue weighted by molar-refractivity contribution is -0.428. The highest BCUT2D eigenvalue weighted by Gasteiger charge is 2.12. The van der Waals surface area contributed by atoms with Gasteiger partial charge in [0, 0.05) is 0 Å². The van der Waals surface area contributed by atoms with Gasteiger partial charge in [0.25, 0.3) is 5.76 Å². The quantitative estimate of drug-likeness (QED) is 0.128. The molecule has 0 amide bonds. The van der Waals surface area contributed by atoms with Gasteiger partial charge in [-0.3, -0.25) is 11.1 Å². The standard InChI is InChI=1S/C3H6N4O3/c4-2(5)1(8)3(6)7(9)10/h8H,6H2,(H3,4,5). The fourth-order valence-electron chi connectivity index (χ4n) is 0.224. The molecule has 0 unspecified atom stereocenters. The maximum Gasteiger partial charge on any atom is 0.360 e. The Labute approximate surface area is 55.6 Å². The van der Waals surface area contributed by atoms with E-state index in [4.69, 9.17) is 10.5 Å². The van der Waals surface area contributed by atoms with Crippen molar-refractivity contribution in [1.29, 1.82) is 5.41 Å². The van der Waals surface area contributed by atoms with Crippen LogP contribution in [0.2, 0.25) is 0 Å². The van der Waals surface area contributed by atoms with Gasteiger partial charge in [0.15, 0.2) is 5.84 Å². The lowest BCUT2D eigenvalue weighted by Gasteiger charge is -1.96. The highest BCUT2D eigenvalue weighted by Crippen LogP contribution is 1.92. The van der Waals surface area contributed by atoms with Crippen LogP contribution in [-0.2, 0) is 0 Å². The fourth-order valence-corrected chi connectivity index (χ4v) is 0.224. The Bertz CT molecular complexity index is 186. The van der Waals surface area contributed by atoms with Crippen molar-refractivity contribution in [3.05, 3.63) is 21.7 Å². The number of nitro groups is 1. The molecule has 0 aromatic heterocycles. The van der Waals surface area contributed by atoms with Crippen LogP contribution < -0.4 is 11.5 Å². The van der Waals surface area contributed by atoms with Crippen LogP contribution in [0.15, 0.2) is 11.6 Å². The van der Waals surface area contributed by atoms with Crippen LogP contribution in [-0.4, -0.2) is 15.9 Å². The number of aliphatic hydroxyl groups is 1. The largest absolute Gasteiger partial charge is 0.499 e. The minimum absolute atomic E-state index is 0.825. The first-order valence-corrected chi connectivity index (χ1v) is 2.14. The summed E-state index contributed by atoms with van der Waals surface area (Å²) in [5.74, 6) is -2.85. The third kappa shape index (κ3) is 1.62. The molecular formula is C3H6N4O3. The number of aliphatic hydroxyl groups excluding tert-OH is 1. The lowest BCUT2D eigenvalue weighted by Crippen LogP contribution is -2.21. The third-order valence-corrected chi connectivity index (χ3v) is 0.694. The molecule has 10 heavy (non-hydrogen) atoms. The Morgan fingerprint density at radius 3 is 2.10 bits per heavy atom. The predicted octanol–water partition coefficient (Wildman–Crippen LogP) is -1.12. The van der Waals surface area contributed by atoms with E-state index in [0.717, 1.165) is 0 Å². The molecule has 0 heterocycles. The molecule has 7 nitrogen and oxygen atoms in total. The van der Waals surface area contributed by atoms with Crippen molar-refractivity contribution in [3.63, 3.8) is 0 Å². The van der Waals surface area contributed by atoms with Crippen molar-refractivity contribution in [1.82, 2.24) is 0 Å². The summed E-state index contributed by atoms with van der Waals surface area (Å²) in [6, 6.07) is 0. The number of rotatable bonds is 2. The van der Waals surface area contributed by atoms with E-state index in [1.165, 1.54) is 0 Å². The molecule has 0 atom stereocenters. The zero-order valence-electron chi connectivity index (χ0n) is 4.87. The summed E-state index contributed by atoms with van der Waals surface area (Å²) in [5, 5.41) is 24.8. The number of nitrogens with two attached hydrogens (primary N) is 2. The van der Waals surface area contributed by atoms with Crippen molar-refractivity contribution < 1.29 is 10.0 Å². The summed E-state index contributed by atoms with van der Waals surface area (Å²) in [6.45, 7) is 0. The molecule has 0 aliphatic carbocycles. The summed E-state index contributed by atoms with van der Waals surface area (Å²) in [4.78, 5) is 8.72. The minimum Gasteiger partial charge on any atom is -0.499 e. The summed E-state index contributed by atoms with van der Waals surface area (Å²) in [5.41, 5.74) is 9.34. The Morgan fingerprint density at radius 1 is 1.60 bits per heavy atom. The second kappa shape index (κ2) is 2.67. The summed E-state index contributed by atoms with van der Waals surface area (Å²) >= 11 is 0. The molecule has 0 saturated heterocycles. The highest BCUT2D eigenvalue weighted by molar-refractivity contribution is 5.92. The molecule has 7 heteroatoms. The number of nitrogens with zero attached hydrogens (tertiary/aromatic N) is 1. The zero-order chi connectivity index (χ0) is 8.31. The SMILES string of the molecule is N=C(N)C(O)=C(N)[N+](=O)[O-]. The first-order valence-electron chi connectivity index (χ1n) is 2.14. The van der Waals surface area contributed by atoms with Gasteiger partial charge in [0.05, 0.1) is 0 Å². The maximum absolute atomic E-state index is 9.76. The van der Waals surface area contributed by atoms with E-state index in [2.05, 4.69) is 11.5 Å². The van der Waals surface area contributed by atoms with Gasteiger partial charge in [-0.1, -0.05) is 0 Å². The van der Waals surface area contributed by atoms with Gasteiger partial charge in [0.2, 0.25) is 0 Å². The van der Waals surface area contributed by atoms with Crippen LogP contribution >= 0.6 is 0 Å². The Morgan fingerprint density at radius 2 is 2.00 bits per heavy atom. The van der Waals surface area contributed by atoms with E-state index in [-0.39, 0.29) is 0 Å². The van der Waals surface area contributed by atoms with Crippen LogP contribution in [0.1, 0.15) is 0 Å². The number of nitrogens with one attached hydrogen (secondary N) is 1. The van der Waals surface area contributed by atoms with Crippen molar-refractivity contribution in [2.45, 2.75) is 0 Å². The monoisotopic (exact) mass is 146 g/mol. The lowest BCUT2D eigenvalue weighted by atomic mass is 10.4. The average molecular weight is 146 g/mol. The van der Waals surface area contributed by atoms with Crippen molar-refractivity contribution in [2.75, 3.05) is 0 Å². The van der Waals surface area contributed by atoms with Crippen LogP contribution in [0.5, 0.6) is 0 Å². The Balaban J connectivity index is 4.67. The molecule has 0 bridgehead atoms. The Hall–Kier alpha value is -1.79. The van der Waals surface area contributed by atoms with Gasteiger partial charge in [-0.05, 0) is 4.92 Å². The summed E-state index contributed by atoms with van der Waals surface area (Å²) in [6.07, 6.45) is 0. The highest BCUT2D eigenvalue weighted by atomic mass is 16.6. The molecule has 6 N–H and O–H groups in total. The first-order chi connectivity index (χ1) is 4.46. The van der Waals surface area contributed by atoms with Gasteiger partial charge >= 0.3 is 5.82 Å². The average Bonchev–Trinajstić information content (AvgIpc) is 1.84. The van der Waals surface area contributed by atoms with Gasteiger partial charge in [0.1, 0.15) is 0 Å². The van der Waals surface area contributed by atoms with E-state index in [1.807, 2.05) is 0 Å².